The summed E-state index contributed by atoms with van der Waals surface area (Å²) in [5.74, 6) is 0. The molecule has 0 aliphatic heterocycles. The molecule has 7 nitrogen and oxygen atoms in total. The normalized spacial score (nSPS) is 15.3. The number of aromatic nitrogens is 6. The minimum atomic E-state index is -1.27. The summed E-state index contributed by atoms with van der Waals surface area (Å²) in [5.41, 5.74) is -0.557. The van der Waals surface area contributed by atoms with Crippen molar-refractivity contribution in [3.8, 4) is 0 Å². The van der Waals surface area contributed by atoms with Crippen LogP contribution in [0.15, 0.2) is 49.6 Å². The Kier molecular flexibility index (Phi) is 4.65. The molecule has 0 fully saturated rings. The molecule has 2 atom stereocenters. The van der Waals surface area contributed by atoms with Gasteiger partial charge in [0.05, 0.1) is 6.54 Å². The van der Waals surface area contributed by atoms with E-state index in [4.69, 9.17) is 11.6 Å². The molecule has 23 heavy (non-hydrogen) atoms. The highest BCUT2D eigenvalue weighted by Gasteiger charge is 2.41. The predicted octanol–water partition coefficient (Wildman–Crippen LogP) is 1.97. The summed E-state index contributed by atoms with van der Waals surface area (Å²) in [7, 11) is 0. The quantitative estimate of drug-likeness (QED) is 0.732. The number of thioether (sulfide) groups is 1. The van der Waals surface area contributed by atoms with Crippen LogP contribution in [0.4, 0.5) is 0 Å². The fraction of sp³-hybridized carbons (Fsp3) is 0.286. The summed E-state index contributed by atoms with van der Waals surface area (Å²) in [4.78, 5) is 7.92. The van der Waals surface area contributed by atoms with Crippen LogP contribution in [0.3, 0.4) is 0 Å². The van der Waals surface area contributed by atoms with Gasteiger partial charge in [-0.2, -0.15) is 10.2 Å². The van der Waals surface area contributed by atoms with Crippen LogP contribution in [0.1, 0.15) is 10.9 Å². The van der Waals surface area contributed by atoms with Crippen molar-refractivity contribution < 1.29 is 5.11 Å². The van der Waals surface area contributed by atoms with Crippen molar-refractivity contribution in [3.05, 3.63) is 60.2 Å². The Morgan fingerprint density at radius 1 is 1.17 bits per heavy atom. The summed E-state index contributed by atoms with van der Waals surface area (Å²) in [6.07, 6.45) is 7.95. The van der Waals surface area contributed by atoms with Gasteiger partial charge in [0.25, 0.3) is 0 Å². The second kappa shape index (κ2) is 6.69. The highest BCUT2D eigenvalue weighted by molar-refractivity contribution is 7.98. The second-order valence-electron chi connectivity index (χ2n) is 4.99. The molecule has 0 amide bonds. The Labute approximate surface area is 142 Å². The first-order valence-electron chi connectivity index (χ1n) is 6.81. The van der Waals surface area contributed by atoms with Gasteiger partial charge in [0.15, 0.2) is 0 Å². The van der Waals surface area contributed by atoms with E-state index in [1.807, 2.05) is 6.26 Å². The third-order valence-electron chi connectivity index (χ3n) is 3.52. The molecule has 1 N–H and O–H groups in total. The second-order valence-corrected chi connectivity index (χ2v) is 6.34. The zero-order chi connectivity index (χ0) is 16.3. The molecule has 3 rings (SSSR count). The lowest BCUT2D eigenvalue weighted by atomic mass is 9.93. The lowest BCUT2D eigenvalue weighted by Gasteiger charge is -2.35. The van der Waals surface area contributed by atoms with E-state index >= 15 is 0 Å². The van der Waals surface area contributed by atoms with E-state index in [0.717, 1.165) is 0 Å². The van der Waals surface area contributed by atoms with Crippen LogP contribution in [-0.4, -0.2) is 40.9 Å². The SMILES string of the molecule is CS[C@@H](n1cncn1)[C@@](O)(Cn1cncn1)c1ccc(Cl)cc1. The van der Waals surface area contributed by atoms with Gasteiger partial charge in [-0.15, -0.1) is 11.8 Å². The maximum absolute atomic E-state index is 11.5. The number of nitrogens with zero attached hydrogens (tertiary/aromatic N) is 6. The molecule has 0 radical (unpaired) electrons. The maximum Gasteiger partial charge on any atom is 0.141 e. The van der Waals surface area contributed by atoms with Crippen molar-refractivity contribution in [3.63, 3.8) is 0 Å². The van der Waals surface area contributed by atoms with Crippen LogP contribution in [-0.2, 0) is 12.1 Å². The van der Waals surface area contributed by atoms with E-state index < -0.39 is 11.0 Å². The van der Waals surface area contributed by atoms with Crippen molar-refractivity contribution in [1.29, 1.82) is 0 Å². The molecule has 0 aliphatic rings. The molecule has 0 saturated heterocycles. The van der Waals surface area contributed by atoms with Gasteiger partial charge in [0.1, 0.15) is 36.3 Å². The maximum atomic E-state index is 11.5. The van der Waals surface area contributed by atoms with Crippen molar-refractivity contribution >= 4 is 23.4 Å². The van der Waals surface area contributed by atoms with Crippen LogP contribution in [0.25, 0.3) is 0 Å². The summed E-state index contributed by atoms with van der Waals surface area (Å²) in [5, 5.41) is 20.0. The molecule has 9 heteroatoms. The van der Waals surface area contributed by atoms with E-state index in [1.54, 1.807) is 46.3 Å². The summed E-state index contributed by atoms with van der Waals surface area (Å²) >= 11 is 7.45. The topological polar surface area (TPSA) is 81.6 Å². The molecule has 2 aromatic heterocycles. The molecule has 120 valence electrons. The third kappa shape index (κ3) is 3.24. The van der Waals surface area contributed by atoms with Crippen molar-refractivity contribution in [2.75, 3.05) is 6.26 Å². The largest absolute Gasteiger partial charge is 0.380 e. The van der Waals surface area contributed by atoms with Gasteiger partial charge in [-0.3, -0.25) is 0 Å². The van der Waals surface area contributed by atoms with E-state index in [-0.39, 0.29) is 6.54 Å². The number of halogens is 1. The van der Waals surface area contributed by atoms with Gasteiger partial charge in [0.2, 0.25) is 0 Å². The fourth-order valence-electron chi connectivity index (χ4n) is 2.47. The standard InChI is InChI=1S/C14H15ClN6OS/c1-23-13(21-10-17-8-19-21)14(22,6-20-9-16-7-18-20)11-2-4-12(15)5-3-11/h2-5,7-10,13,22H,6H2,1H3/t13-,14-/m1/s1. The highest BCUT2D eigenvalue weighted by Crippen LogP contribution is 2.41. The molecular weight excluding hydrogens is 336 g/mol. The molecular formula is C14H15ClN6OS. The smallest absolute Gasteiger partial charge is 0.141 e. The zero-order valence-electron chi connectivity index (χ0n) is 12.3. The highest BCUT2D eigenvalue weighted by atomic mass is 35.5. The fourth-order valence-corrected chi connectivity index (χ4v) is 3.52. The zero-order valence-corrected chi connectivity index (χ0v) is 13.9. The number of benzene rings is 1. The number of aliphatic hydroxyl groups is 1. The minimum absolute atomic E-state index is 0.222. The molecule has 3 aromatic rings. The van der Waals surface area contributed by atoms with Gasteiger partial charge >= 0.3 is 0 Å². The number of hydrogen-bond acceptors (Lipinski definition) is 6. The van der Waals surface area contributed by atoms with Crippen molar-refractivity contribution in [2.24, 2.45) is 0 Å². The van der Waals surface area contributed by atoms with E-state index in [1.165, 1.54) is 24.4 Å². The van der Waals surface area contributed by atoms with Crippen LogP contribution in [0, 0.1) is 0 Å². The van der Waals surface area contributed by atoms with Gasteiger partial charge in [-0.05, 0) is 24.0 Å². The van der Waals surface area contributed by atoms with Crippen LogP contribution >= 0.6 is 23.4 Å². The Morgan fingerprint density at radius 3 is 2.43 bits per heavy atom. The molecule has 0 spiro atoms. The van der Waals surface area contributed by atoms with Gasteiger partial charge in [-0.1, -0.05) is 23.7 Å². The van der Waals surface area contributed by atoms with E-state index in [2.05, 4.69) is 20.2 Å². The number of hydrogen-bond donors (Lipinski definition) is 1. The Hall–Kier alpha value is -1.90. The summed E-state index contributed by atoms with van der Waals surface area (Å²) < 4.78 is 3.23. The molecule has 0 bridgehead atoms. The van der Waals surface area contributed by atoms with Gasteiger partial charge in [-0.25, -0.2) is 19.3 Å². The average Bonchev–Trinajstić information content (AvgIpc) is 3.22. The van der Waals surface area contributed by atoms with Gasteiger partial charge < -0.3 is 5.11 Å². The first-order chi connectivity index (χ1) is 11.1. The van der Waals surface area contributed by atoms with E-state index in [0.29, 0.717) is 10.6 Å². The van der Waals surface area contributed by atoms with Crippen LogP contribution < -0.4 is 0 Å². The third-order valence-corrected chi connectivity index (χ3v) is 4.83. The first-order valence-corrected chi connectivity index (χ1v) is 8.48. The van der Waals surface area contributed by atoms with Crippen LogP contribution in [0.5, 0.6) is 0 Å². The Balaban J connectivity index is 2.06. The first kappa shape index (κ1) is 16.0. The van der Waals surface area contributed by atoms with Crippen LogP contribution in [0.2, 0.25) is 5.02 Å². The minimum Gasteiger partial charge on any atom is -0.380 e. The predicted molar refractivity (Wildman–Crippen MR) is 87.9 cm³/mol. The Morgan fingerprint density at radius 2 is 1.87 bits per heavy atom. The summed E-state index contributed by atoms with van der Waals surface area (Å²) in [6, 6.07) is 7.11. The molecule has 1 aromatic carbocycles. The number of rotatable bonds is 6. The molecule has 2 heterocycles. The average molecular weight is 351 g/mol. The van der Waals surface area contributed by atoms with Crippen molar-refractivity contribution in [1.82, 2.24) is 29.5 Å². The molecule has 0 unspecified atom stereocenters. The molecule has 0 saturated carbocycles. The van der Waals surface area contributed by atoms with Crippen molar-refractivity contribution in [2.45, 2.75) is 17.5 Å². The lowest BCUT2D eigenvalue weighted by molar-refractivity contribution is -0.00913. The molecule has 0 aliphatic carbocycles. The lowest BCUT2D eigenvalue weighted by Crippen LogP contribution is -2.39. The monoisotopic (exact) mass is 350 g/mol. The van der Waals surface area contributed by atoms with E-state index in [9.17, 15) is 5.11 Å². The Bertz CT molecular complexity index is 733. The summed E-state index contributed by atoms with van der Waals surface area (Å²) in [6.45, 7) is 0.222. The van der Waals surface area contributed by atoms with Gasteiger partial charge in [0, 0.05) is 5.02 Å².